The predicted octanol–water partition coefficient (Wildman–Crippen LogP) is 2.41. The zero-order valence-corrected chi connectivity index (χ0v) is 14.4. The molecule has 2 aromatic rings. The number of nitrogens with zero attached hydrogens (tertiary/aromatic N) is 2. The number of benzene rings is 1. The lowest BCUT2D eigenvalue weighted by Crippen LogP contribution is -2.24. The summed E-state index contributed by atoms with van der Waals surface area (Å²) in [7, 11) is -1.99. The van der Waals surface area contributed by atoms with Crippen molar-refractivity contribution in [1.29, 1.82) is 0 Å². The monoisotopic (exact) mass is 339 g/mol. The van der Waals surface area contributed by atoms with Crippen LogP contribution in [0.25, 0.3) is 0 Å². The van der Waals surface area contributed by atoms with Gasteiger partial charge in [0, 0.05) is 12.7 Å². The van der Waals surface area contributed by atoms with E-state index >= 15 is 0 Å². The van der Waals surface area contributed by atoms with Crippen LogP contribution < -0.4 is 9.62 Å². The van der Waals surface area contributed by atoms with E-state index in [2.05, 4.69) is 10.3 Å². The molecule has 0 saturated heterocycles. The summed E-state index contributed by atoms with van der Waals surface area (Å²) < 4.78 is 24.1. The predicted molar refractivity (Wildman–Crippen MR) is 89.2 cm³/mol. The van der Waals surface area contributed by atoms with E-state index in [9.17, 15) is 13.2 Å². The minimum atomic E-state index is -3.40. The summed E-state index contributed by atoms with van der Waals surface area (Å²) in [5.41, 5.74) is 2.28. The van der Waals surface area contributed by atoms with E-state index in [0.29, 0.717) is 16.3 Å². The zero-order valence-electron chi connectivity index (χ0n) is 12.7. The third-order valence-corrected chi connectivity index (χ3v) is 5.58. The Morgan fingerprint density at radius 2 is 1.82 bits per heavy atom. The molecule has 0 bridgehead atoms. The molecule has 6 nitrogen and oxygen atoms in total. The molecule has 0 fully saturated rings. The minimum Gasteiger partial charge on any atom is -0.321 e. The van der Waals surface area contributed by atoms with E-state index in [1.54, 1.807) is 6.92 Å². The second-order valence-electron chi connectivity index (χ2n) is 4.96. The molecule has 0 radical (unpaired) electrons. The Morgan fingerprint density at radius 3 is 2.36 bits per heavy atom. The first-order valence-electron chi connectivity index (χ1n) is 6.48. The van der Waals surface area contributed by atoms with Gasteiger partial charge in [0.05, 0.1) is 11.9 Å². The molecule has 118 valence electrons. The Morgan fingerprint density at radius 1 is 1.23 bits per heavy atom. The van der Waals surface area contributed by atoms with Crippen LogP contribution >= 0.6 is 11.3 Å². The van der Waals surface area contributed by atoms with Gasteiger partial charge in [0.25, 0.3) is 5.91 Å². The molecular formula is C14H17N3O3S2. The molecule has 0 spiro atoms. The van der Waals surface area contributed by atoms with E-state index in [-0.39, 0.29) is 11.0 Å². The number of hydrogen-bond donors (Lipinski definition) is 1. The van der Waals surface area contributed by atoms with Crippen molar-refractivity contribution in [3.05, 3.63) is 40.4 Å². The van der Waals surface area contributed by atoms with Crippen molar-refractivity contribution >= 4 is 38.1 Å². The van der Waals surface area contributed by atoms with Crippen molar-refractivity contribution in [2.24, 2.45) is 0 Å². The summed E-state index contributed by atoms with van der Waals surface area (Å²) in [4.78, 5) is 16.8. The molecular weight excluding hydrogens is 322 g/mol. The zero-order chi connectivity index (χ0) is 16.5. The van der Waals surface area contributed by atoms with Crippen molar-refractivity contribution in [3.8, 4) is 0 Å². The number of sulfonamides is 1. The number of aryl methyl sites for hydroxylation is 2. The lowest BCUT2D eigenvalue weighted by molar-refractivity contribution is 0.103. The average molecular weight is 339 g/mol. The number of nitrogens with one attached hydrogen (secondary N) is 1. The van der Waals surface area contributed by atoms with Crippen LogP contribution in [0.3, 0.4) is 0 Å². The van der Waals surface area contributed by atoms with Crippen LogP contribution in [-0.2, 0) is 10.0 Å². The number of carbonyl (C=O) groups is 1. The van der Waals surface area contributed by atoms with Crippen molar-refractivity contribution in [1.82, 2.24) is 4.98 Å². The van der Waals surface area contributed by atoms with Crippen molar-refractivity contribution in [2.45, 2.75) is 13.8 Å². The number of hydrogen-bond acceptors (Lipinski definition) is 5. The Bertz CT molecular complexity index is 795. The fraction of sp³-hybridized carbons (Fsp3) is 0.286. The first kappa shape index (κ1) is 16.4. The minimum absolute atomic E-state index is 0.272. The maximum Gasteiger partial charge on any atom is 0.267 e. The van der Waals surface area contributed by atoms with Gasteiger partial charge in [0.1, 0.15) is 4.88 Å². The molecule has 1 aromatic carbocycles. The number of aromatic nitrogens is 1. The second kappa shape index (κ2) is 6.05. The molecule has 0 aliphatic rings. The van der Waals surface area contributed by atoms with Crippen LogP contribution in [0.15, 0.2) is 24.3 Å². The van der Waals surface area contributed by atoms with Crippen LogP contribution in [-0.4, -0.2) is 32.6 Å². The molecule has 0 unspecified atom stereocenters. The molecule has 0 saturated carbocycles. The van der Waals surface area contributed by atoms with Crippen LogP contribution in [0.2, 0.25) is 0 Å². The number of anilines is 2. The van der Waals surface area contributed by atoms with Gasteiger partial charge in [-0.15, -0.1) is 0 Å². The molecule has 22 heavy (non-hydrogen) atoms. The van der Waals surface area contributed by atoms with Gasteiger partial charge in [0.15, 0.2) is 5.13 Å². The Hall–Kier alpha value is -1.93. The molecule has 0 aliphatic heterocycles. The Kier molecular flexibility index (Phi) is 4.52. The summed E-state index contributed by atoms with van der Waals surface area (Å²) in [6.07, 6.45) is 1.09. The third-order valence-electron chi connectivity index (χ3n) is 3.07. The van der Waals surface area contributed by atoms with Crippen molar-refractivity contribution in [3.63, 3.8) is 0 Å². The van der Waals surface area contributed by atoms with Gasteiger partial charge < -0.3 is 5.32 Å². The third kappa shape index (κ3) is 3.63. The van der Waals surface area contributed by atoms with E-state index in [1.807, 2.05) is 31.2 Å². The number of carbonyl (C=O) groups excluding carboxylic acids is 1. The number of rotatable bonds is 4. The lowest BCUT2D eigenvalue weighted by atomic mass is 10.2. The van der Waals surface area contributed by atoms with Gasteiger partial charge in [-0.2, -0.15) is 0 Å². The van der Waals surface area contributed by atoms with Gasteiger partial charge in [-0.05, 0) is 26.0 Å². The molecule has 1 amide bonds. The molecule has 0 aliphatic carbocycles. The molecule has 1 N–H and O–H groups in total. The maximum absolute atomic E-state index is 12.3. The van der Waals surface area contributed by atoms with Gasteiger partial charge in [0.2, 0.25) is 10.0 Å². The van der Waals surface area contributed by atoms with Crippen LogP contribution in [0.1, 0.15) is 20.9 Å². The van der Waals surface area contributed by atoms with Gasteiger partial charge in [-0.25, -0.2) is 17.7 Å². The SMILES string of the molecule is Cc1ccc(NC(=O)c2sc(N(C)S(C)(=O)=O)nc2C)cc1. The van der Waals surface area contributed by atoms with E-state index in [1.165, 1.54) is 7.05 Å². The molecule has 2 rings (SSSR count). The molecule has 1 aromatic heterocycles. The number of thiazole rings is 1. The standard InChI is InChI=1S/C14H17N3O3S2/c1-9-5-7-11(8-6-9)16-13(18)12-10(2)15-14(21-12)17(3)22(4,19)20/h5-8H,1-4H3,(H,16,18). The van der Waals surface area contributed by atoms with E-state index < -0.39 is 10.0 Å². The first-order chi connectivity index (χ1) is 10.2. The molecule has 8 heteroatoms. The summed E-state index contributed by atoms with van der Waals surface area (Å²) >= 11 is 1.05. The maximum atomic E-state index is 12.3. The van der Waals surface area contributed by atoms with Crippen LogP contribution in [0.4, 0.5) is 10.8 Å². The van der Waals surface area contributed by atoms with Gasteiger partial charge in [-0.3, -0.25) is 4.79 Å². The van der Waals surface area contributed by atoms with Gasteiger partial charge in [-0.1, -0.05) is 29.0 Å². The van der Waals surface area contributed by atoms with Gasteiger partial charge >= 0.3 is 0 Å². The van der Waals surface area contributed by atoms with Crippen molar-refractivity contribution in [2.75, 3.05) is 22.9 Å². The molecule has 1 heterocycles. The normalized spacial score (nSPS) is 11.3. The molecule has 0 atom stereocenters. The Balaban J connectivity index is 2.24. The first-order valence-corrected chi connectivity index (χ1v) is 9.14. The number of amides is 1. The lowest BCUT2D eigenvalue weighted by Gasteiger charge is -2.11. The van der Waals surface area contributed by atoms with Crippen LogP contribution in [0, 0.1) is 13.8 Å². The Labute approximate surface area is 133 Å². The topological polar surface area (TPSA) is 79.4 Å². The van der Waals surface area contributed by atoms with Crippen LogP contribution in [0.5, 0.6) is 0 Å². The highest BCUT2D eigenvalue weighted by Crippen LogP contribution is 2.27. The highest BCUT2D eigenvalue weighted by atomic mass is 32.2. The summed E-state index contributed by atoms with van der Waals surface area (Å²) in [5, 5.41) is 3.05. The highest BCUT2D eigenvalue weighted by Gasteiger charge is 2.21. The quantitative estimate of drug-likeness (QED) is 0.928. The summed E-state index contributed by atoms with van der Waals surface area (Å²) in [6.45, 7) is 3.65. The smallest absolute Gasteiger partial charge is 0.267 e. The fourth-order valence-corrected chi connectivity index (χ4v) is 3.37. The van der Waals surface area contributed by atoms with Crippen molar-refractivity contribution < 1.29 is 13.2 Å². The summed E-state index contributed by atoms with van der Waals surface area (Å²) in [5.74, 6) is -0.299. The highest BCUT2D eigenvalue weighted by molar-refractivity contribution is 7.92. The fourth-order valence-electron chi connectivity index (χ4n) is 1.69. The summed E-state index contributed by atoms with van der Waals surface area (Å²) in [6, 6.07) is 7.43. The largest absolute Gasteiger partial charge is 0.321 e. The van der Waals surface area contributed by atoms with E-state index in [4.69, 9.17) is 0 Å². The van der Waals surface area contributed by atoms with E-state index in [0.717, 1.165) is 27.5 Å². The average Bonchev–Trinajstić information content (AvgIpc) is 2.81. The second-order valence-corrected chi connectivity index (χ2v) is 7.95.